The van der Waals surface area contributed by atoms with E-state index in [-0.39, 0.29) is 10.8 Å². The van der Waals surface area contributed by atoms with E-state index in [1.54, 1.807) is 0 Å². The summed E-state index contributed by atoms with van der Waals surface area (Å²) < 4.78 is 266. The van der Waals surface area contributed by atoms with Crippen LogP contribution in [0.5, 0.6) is 0 Å². The van der Waals surface area contributed by atoms with Crippen LogP contribution in [-0.4, -0.2) is 0 Å². The first-order valence-electron chi connectivity index (χ1n) is 28.8. The maximum atomic E-state index is 9.95. The molecule has 0 unspecified atom stereocenters. The van der Waals surface area contributed by atoms with Crippen LogP contribution in [0.3, 0.4) is 0 Å². The zero-order valence-corrected chi connectivity index (χ0v) is 24.8. The van der Waals surface area contributed by atoms with E-state index in [2.05, 4.69) is 0 Å². The van der Waals surface area contributed by atoms with Gasteiger partial charge in [0.05, 0.1) is 38.4 Å². The fourth-order valence-corrected chi connectivity index (χ4v) is 6.36. The summed E-state index contributed by atoms with van der Waals surface area (Å²) in [7, 11) is 0. The van der Waals surface area contributed by atoms with Crippen molar-refractivity contribution in [1.29, 1.82) is 0 Å². The molecule has 11 aromatic rings. The van der Waals surface area contributed by atoms with E-state index in [4.69, 9.17) is 32.1 Å². The molecular formula is C48H28O2. The number of fused-ring (bicyclic) bond motifs is 10. The van der Waals surface area contributed by atoms with Gasteiger partial charge in [-0.25, -0.2) is 0 Å². The molecule has 0 fully saturated rings. The second-order valence-electron chi connectivity index (χ2n) is 11.0. The van der Waals surface area contributed by atoms with Crippen molar-refractivity contribution in [2.24, 2.45) is 0 Å². The van der Waals surface area contributed by atoms with Crippen LogP contribution in [-0.2, 0) is 0 Å². The van der Waals surface area contributed by atoms with Gasteiger partial charge in [0.15, 0.2) is 11.2 Å². The van der Waals surface area contributed by atoms with Gasteiger partial charge in [-0.3, -0.25) is 0 Å². The second-order valence-corrected chi connectivity index (χ2v) is 11.0. The number of hydrogen-bond donors (Lipinski definition) is 0. The maximum absolute atomic E-state index is 9.95. The van der Waals surface area contributed by atoms with Gasteiger partial charge in [-0.15, -0.1) is 0 Å². The molecule has 0 spiro atoms. The SMILES string of the molecule is [2H]c1c([2H])c([2H])c(-c2c3c([2H])c([2H])c([2H])c([2H])c3c(-c3c([2H])c([2H])c4oc5c6oc7c([2H])c([2H])c([2H])c([2H])c7c6c([2H])c([2H])c5c4c3[2H])c3c([2H])c([2H])c([2H])c([2H])c23)c(-c2c([2H])c([2H])c([2H])c3c([2H])c([2H])c([2H])c([2H])c23)c1[2H]. The summed E-state index contributed by atoms with van der Waals surface area (Å²) in [6.45, 7) is 0. The Bertz CT molecular complexity index is 4680. The van der Waals surface area contributed by atoms with E-state index >= 15 is 0 Å². The van der Waals surface area contributed by atoms with Crippen LogP contribution < -0.4 is 0 Å². The molecule has 0 radical (unpaired) electrons. The molecule has 0 bridgehead atoms. The molecule has 11 rings (SSSR count). The van der Waals surface area contributed by atoms with Gasteiger partial charge in [-0.05, 0) is 95.9 Å². The Balaban J connectivity index is 1.43. The van der Waals surface area contributed by atoms with Crippen molar-refractivity contribution in [3.8, 4) is 33.4 Å². The van der Waals surface area contributed by atoms with E-state index < -0.39 is 268 Å². The first-order chi connectivity index (χ1) is 36.5. The molecule has 0 amide bonds. The quantitative estimate of drug-likeness (QED) is 0.176. The lowest BCUT2D eigenvalue weighted by Gasteiger charge is -2.20. The molecule has 2 nitrogen and oxygen atoms in total. The van der Waals surface area contributed by atoms with Crippen LogP contribution >= 0.6 is 0 Å². The van der Waals surface area contributed by atoms with Crippen LogP contribution in [0.1, 0.15) is 38.4 Å². The van der Waals surface area contributed by atoms with E-state index in [9.17, 15) is 15.1 Å². The highest BCUT2D eigenvalue weighted by Crippen LogP contribution is 2.48. The molecule has 0 atom stereocenters. The minimum absolute atomic E-state index is 0.297. The van der Waals surface area contributed by atoms with Gasteiger partial charge < -0.3 is 8.83 Å². The Morgan fingerprint density at radius 1 is 0.320 bits per heavy atom. The normalized spacial score (nSPS) is 19.8. The molecule has 9 aromatic carbocycles. The van der Waals surface area contributed by atoms with E-state index in [0.717, 1.165) is 0 Å². The zero-order chi connectivity index (χ0) is 57.1. The second kappa shape index (κ2) is 10.4. The molecule has 2 aromatic heterocycles. The number of hydrogen-bond acceptors (Lipinski definition) is 2. The molecule has 2 heterocycles. The molecule has 50 heavy (non-hydrogen) atoms. The number of benzene rings is 9. The lowest BCUT2D eigenvalue weighted by Crippen LogP contribution is -1.93. The lowest BCUT2D eigenvalue weighted by atomic mass is 9.83. The van der Waals surface area contributed by atoms with Gasteiger partial charge in [0.25, 0.3) is 0 Å². The average molecular weight is 665 g/mol. The number of rotatable bonds is 3. The fraction of sp³-hybridized carbons (Fsp3) is 0. The Kier molecular flexibility index (Phi) is 2.45. The topological polar surface area (TPSA) is 26.3 Å². The average Bonchev–Trinajstić information content (AvgIpc) is 4.16. The zero-order valence-electron chi connectivity index (χ0n) is 52.8. The van der Waals surface area contributed by atoms with Crippen LogP contribution in [0.2, 0.25) is 0 Å². The Morgan fingerprint density at radius 2 is 0.820 bits per heavy atom. The standard InChI is InChI=1S/C48H28O2/c1-2-14-31-29(12-1)13-11-22-32(31)33-15-3-4-17-35(33)46-38-20-7-5-18-36(38)45(37-19-6-8-21-39(37)46)30-24-27-44-42(28-30)41-26-25-40-34-16-9-10-23-43(34)49-47(40)48(41)50-44/h1-28H/i1D,2D,3D,4D,5D,6D,7D,8D,9D,10D,11D,12D,13D,14D,15D,16D,17D,18D,19D,20D,21D,22D,23D,24D,25D,26D,27D,28D. The van der Waals surface area contributed by atoms with Crippen LogP contribution in [0.25, 0.3) is 110 Å². The molecule has 0 aliphatic heterocycles. The minimum Gasteiger partial charge on any atom is -0.452 e. The monoisotopic (exact) mass is 664 g/mol. The summed E-state index contributed by atoms with van der Waals surface area (Å²) in [4.78, 5) is 0. The van der Waals surface area contributed by atoms with Crippen molar-refractivity contribution < 1.29 is 47.2 Å². The van der Waals surface area contributed by atoms with E-state index in [1.807, 2.05) is 0 Å². The van der Waals surface area contributed by atoms with Crippen LogP contribution in [0.15, 0.2) is 178 Å². The van der Waals surface area contributed by atoms with Gasteiger partial charge in [-0.1, -0.05) is 139 Å². The van der Waals surface area contributed by atoms with Crippen LogP contribution in [0.4, 0.5) is 0 Å². The third-order valence-electron chi connectivity index (χ3n) is 8.44. The molecule has 0 N–H and O–H groups in total. The first-order valence-corrected chi connectivity index (χ1v) is 14.8. The van der Waals surface area contributed by atoms with Gasteiger partial charge in [0, 0.05) is 21.5 Å². The highest BCUT2D eigenvalue weighted by molar-refractivity contribution is 6.24. The maximum Gasteiger partial charge on any atom is 0.178 e. The van der Waals surface area contributed by atoms with Gasteiger partial charge in [0.2, 0.25) is 0 Å². The Hall–Kier alpha value is -6.64. The van der Waals surface area contributed by atoms with Crippen molar-refractivity contribution in [1.82, 2.24) is 0 Å². The summed E-state index contributed by atoms with van der Waals surface area (Å²) in [5.41, 5.74) is -6.84. The molecule has 2 heteroatoms. The molecule has 232 valence electrons. The summed E-state index contributed by atoms with van der Waals surface area (Å²) >= 11 is 0. The summed E-state index contributed by atoms with van der Waals surface area (Å²) in [6, 6.07) is -26.0. The predicted molar refractivity (Wildman–Crippen MR) is 210 cm³/mol. The van der Waals surface area contributed by atoms with Gasteiger partial charge in [-0.2, -0.15) is 0 Å². The van der Waals surface area contributed by atoms with Gasteiger partial charge >= 0.3 is 0 Å². The fourth-order valence-electron chi connectivity index (χ4n) is 6.36. The third-order valence-corrected chi connectivity index (χ3v) is 8.44. The Labute approximate surface area is 326 Å². The highest BCUT2D eigenvalue weighted by Gasteiger charge is 2.21. The van der Waals surface area contributed by atoms with E-state index in [1.165, 1.54) is 0 Å². The molecule has 0 saturated carbocycles. The molecule has 0 aliphatic carbocycles. The van der Waals surface area contributed by atoms with Crippen molar-refractivity contribution >= 4 is 76.2 Å². The first kappa shape index (κ1) is 11.8. The smallest absolute Gasteiger partial charge is 0.178 e. The third kappa shape index (κ3) is 3.85. The summed E-state index contributed by atoms with van der Waals surface area (Å²) in [5.74, 6) is 0. The van der Waals surface area contributed by atoms with Crippen LogP contribution in [0, 0.1) is 0 Å². The van der Waals surface area contributed by atoms with Crippen molar-refractivity contribution in [3.63, 3.8) is 0 Å². The van der Waals surface area contributed by atoms with Crippen molar-refractivity contribution in [2.75, 3.05) is 0 Å². The largest absolute Gasteiger partial charge is 0.452 e. The Morgan fingerprint density at radius 3 is 1.54 bits per heavy atom. The molecule has 0 aliphatic rings. The number of para-hydroxylation sites is 1. The molecule has 0 saturated heterocycles. The summed E-state index contributed by atoms with van der Waals surface area (Å²) in [6.07, 6.45) is 0. The predicted octanol–water partition coefficient (Wildman–Crippen LogP) is 13.9. The minimum atomic E-state index is -1.10. The van der Waals surface area contributed by atoms with Gasteiger partial charge in [0.1, 0.15) is 11.2 Å². The van der Waals surface area contributed by atoms with E-state index in [0.29, 0.717) is 0 Å². The molecular weight excluding hydrogens is 609 g/mol. The number of furan rings is 2. The lowest BCUT2D eigenvalue weighted by molar-refractivity contribution is 0.633. The highest BCUT2D eigenvalue weighted by atomic mass is 16.4. The van der Waals surface area contributed by atoms with Crippen molar-refractivity contribution in [2.45, 2.75) is 0 Å². The summed E-state index contributed by atoms with van der Waals surface area (Å²) in [5, 5.41) is -6.10. The van der Waals surface area contributed by atoms with Crippen molar-refractivity contribution in [3.05, 3.63) is 169 Å².